The van der Waals surface area contributed by atoms with Gasteiger partial charge >= 0.3 is 6.09 Å². The number of hydrogen-bond donors (Lipinski definition) is 0. The van der Waals surface area contributed by atoms with Crippen LogP contribution in [0.2, 0.25) is 0 Å². The number of carbonyl (C=O) groups is 1. The van der Waals surface area contributed by atoms with Crippen LogP contribution in [0, 0.1) is 5.92 Å². The molecule has 16 heavy (non-hydrogen) atoms. The lowest BCUT2D eigenvalue weighted by molar-refractivity contribution is -0.00953. The van der Waals surface area contributed by atoms with Gasteiger partial charge in [0.15, 0.2) is 0 Å². The van der Waals surface area contributed by atoms with E-state index in [9.17, 15) is 4.79 Å². The molecule has 3 aliphatic rings. The van der Waals surface area contributed by atoms with E-state index in [1.807, 2.05) is 25.7 Å². The summed E-state index contributed by atoms with van der Waals surface area (Å²) in [5.41, 5.74) is -0.377. The van der Waals surface area contributed by atoms with Crippen molar-refractivity contribution in [2.45, 2.75) is 55.6 Å². The molecule has 0 aromatic heterocycles. The standard InChI is InChI=1S/C12H20INO2/c1-12(2,3)16-11(15)14-7-8-4-5-9(14)6-10(8)13/h8-10H,4-7H2,1-3H3/t8-,9-,10+/m1/s1. The highest BCUT2D eigenvalue weighted by Crippen LogP contribution is 2.39. The Labute approximate surface area is 111 Å². The first kappa shape index (κ1) is 12.5. The summed E-state index contributed by atoms with van der Waals surface area (Å²) < 4.78 is 6.20. The van der Waals surface area contributed by atoms with E-state index in [1.54, 1.807) is 0 Å². The molecule has 0 N–H and O–H groups in total. The highest BCUT2D eigenvalue weighted by molar-refractivity contribution is 14.1. The third-order valence-corrected chi connectivity index (χ3v) is 4.90. The summed E-state index contributed by atoms with van der Waals surface area (Å²) in [5.74, 6) is 0.679. The fourth-order valence-corrected chi connectivity index (χ4v) is 3.77. The predicted molar refractivity (Wildman–Crippen MR) is 71.9 cm³/mol. The van der Waals surface area contributed by atoms with Gasteiger partial charge in [0.25, 0.3) is 0 Å². The van der Waals surface area contributed by atoms with Crippen molar-refractivity contribution in [1.29, 1.82) is 0 Å². The Morgan fingerprint density at radius 1 is 1.38 bits per heavy atom. The fourth-order valence-electron chi connectivity index (χ4n) is 2.59. The Bertz CT molecular complexity index is 287. The first-order chi connectivity index (χ1) is 7.37. The Balaban J connectivity index is 1.99. The third kappa shape index (κ3) is 2.63. The molecule has 3 nitrogen and oxygen atoms in total. The van der Waals surface area contributed by atoms with Crippen molar-refractivity contribution >= 4 is 28.7 Å². The highest BCUT2D eigenvalue weighted by Gasteiger charge is 2.42. The molecule has 2 aliphatic heterocycles. The van der Waals surface area contributed by atoms with E-state index < -0.39 is 0 Å². The number of alkyl halides is 1. The molecule has 4 heteroatoms. The Hall–Kier alpha value is 0. The summed E-state index contributed by atoms with van der Waals surface area (Å²) in [4.78, 5) is 14.0. The maximum atomic E-state index is 12.0. The topological polar surface area (TPSA) is 29.5 Å². The van der Waals surface area contributed by atoms with Gasteiger partial charge in [-0.05, 0) is 46.0 Å². The van der Waals surface area contributed by atoms with E-state index in [4.69, 9.17) is 4.74 Å². The number of hydrogen-bond acceptors (Lipinski definition) is 2. The fraction of sp³-hybridized carbons (Fsp3) is 0.917. The van der Waals surface area contributed by atoms with Crippen molar-refractivity contribution in [2.24, 2.45) is 5.92 Å². The second kappa shape index (κ2) is 4.35. The summed E-state index contributed by atoms with van der Waals surface area (Å²) in [6.45, 7) is 6.67. The van der Waals surface area contributed by atoms with Gasteiger partial charge in [-0.15, -0.1) is 0 Å². The lowest BCUT2D eigenvalue weighted by atomic mass is 9.80. The normalized spacial score (nSPS) is 34.0. The molecule has 0 radical (unpaired) electrons. The number of rotatable bonds is 0. The Morgan fingerprint density at radius 3 is 2.50 bits per heavy atom. The summed E-state index contributed by atoms with van der Waals surface area (Å²) in [6.07, 6.45) is 3.45. The first-order valence-corrected chi connectivity index (χ1v) is 7.25. The molecule has 2 heterocycles. The monoisotopic (exact) mass is 337 g/mol. The molecule has 2 bridgehead atoms. The highest BCUT2D eigenvalue weighted by atomic mass is 127. The van der Waals surface area contributed by atoms with Crippen LogP contribution in [0.5, 0.6) is 0 Å². The number of halogens is 1. The SMILES string of the molecule is CC(C)(C)OC(=O)N1C[C@H]2CC[C@@H]1C[C@@H]2I. The van der Waals surface area contributed by atoms with Gasteiger partial charge < -0.3 is 9.64 Å². The molecular weight excluding hydrogens is 317 g/mol. The number of nitrogens with zero attached hydrogens (tertiary/aromatic N) is 1. The zero-order chi connectivity index (χ0) is 11.9. The molecule has 3 atom stereocenters. The van der Waals surface area contributed by atoms with Crippen molar-refractivity contribution < 1.29 is 9.53 Å². The maximum Gasteiger partial charge on any atom is 0.410 e. The zero-order valence-corrected chi connectivity index (χ0v) is 12.4. The van der Waals surface area contributed by atoms with Gasteiger partial charge in [-0.2, -0.15) is 0 Å². The molecule has 92 valence electrons. The predicted octanol–water partition coefficient (Wildman–Crippen LogP) is 3.21. The van der Waals surface area contributed by atoms with Gasteiger partial charge in [0.1, 0.15) is 5.60 Å². The van der Waals surface area contributed by atoms with Gasteiger partial charge in [0.2, 0.25) is 0 Å². The largest absolute Gasteiger partial charge is 0.444 e. The lowest BCUT2D eigenvalue weighted by Crippen LogP contribution is -2.55. The van der Waals surface area contributed by atoms with Crippen LogP contribution in [-0.2, 0) is 4.74 Å². The van der Waals surface area contributed by atoms with Gasteiger partial charge in [-0.3, -0.25) is 0 Å². The van der Waals surface area contributed by atoms with Crippen LogP contribution in [-0.4, -0.2) is 33.1 Å². The quantitative estimate of drug-likeness (QED) is 0.502. The number of piperidine rings is 2. The van der Waals surface area contributed by atoms with E-state index in [2.05, 4.69) is 22.6 Å². The molecule has 1 amide bonds. The van der Waals surface area contributed by atoms with Crippen molar-refractivity contribution in [3.8, 4) is 0 Å². The molecule has 3 rings (SSSR count). The van der Waals surface area contributed by atoms with E-state index in [0.717, 1.165) is 23.3 Å². The van der Waals surface area contributed by atoms with Gasteiger partial charge in [0.05, 0.1) is 0 Å². The molecular formula is C12H20INO2. The smallest absolute Gasteiger partial charge is 0.410 e. The summed E-state index contributed by atoms with van der Waals surface area (Å²) in [6, 6.07) is 0.418. The second-order valence-corrected chi connectivity index (χ2v) is 7.48. The van der Waals surface area contributed by atoms with Gasteiger partial charge in [-0.1, -0.05) is 22.6 Å². The number of amides is 1. The van der Waals surface area contributed by atoms with Crippen molar-refractivity contribution in [3.05, 3.63) is 0 Å². The minimum absolute atomic E-state index is 0.120. The van der Waals surface area contributed by atoms with Crippen molar-refractivity contribution in [1.82, 2.24) is 4.90 Å². The molecule has 3 fully saturated rings. The van der Waals surface area contributed by atoms with Crippen LogP contribution in [0.25, 0.3) is 0 Å². The van der Waals surface area contributed by atoms with Crippen LogP contribution in [0.4, 0.5) is 4.79 Å². The average Bonchev–Trinajstić information content (AvgIpc) is 2.15. The molecule has 2 saturated heterocycles. The molecule has 1 saturated carbocycles. The van der Waals surface area contributed by atoms with Gasteiger partial charge in [-0.25, -0.2) is 4.79 Å². The van der Waals surface area contributed by atoms with Crippen molar-refractivity contribution in [3.63, 3.8) is 0 Å². The van der Waals surface area contributed by atoms with E-state index in [1.165, 1.54) is 6.42 Å². The first-order valence-electron chi connectivity index (χ1n) is 6.00. The third-order valence-electron chi connectivity index (χ3n) is 3.38. The minimum atomic E-state index is -0.377. The lowest BCUT2D eigenvalue weighted by Gasteiger charge is -2.47. The summed E-state index contributed by atoms with van der Waals surface area (Å²) in [5, 5.41) is 0. The Kier molecular flexibility index (Phi) is 3.39. The maximum absolute atomic E-state index is 12.0. The zero-order valence-electron chi connectivity index (χ0n) is 10.2. The Morgan fingerprint density at radius 2 is 2.06 bits per heavy atom. The number of carbonyl (C=O) groups excluding carboxylic acids is 1. The van der Waals surface area contributed by atoms with Crippen LogP contribution in [0.3, 0.4) is 0 Å². The van der Waals surface area contributed by atoms with E-state index in [0.29, 0.717) is 12.0 Å². The number of fused-ring (bicyclic) bond motifs is 3. The molecule has 0 aromatic rings. The molecule has 0 unspecified atom stereocenters. The second-order valence-electron chi connectivity index (χ2n) is 5.88. The van der Waals surface area contributed by atoms with Crippen molar-refractivity contribution in [2.75, 3.05) is 6.54 Å². The van der Waals surface area contributed by atoms with Crippen LogP contribution < -0.4 is 0 Å². The van der Waals surface area contributed by atoms with E-state index >= 15 is 0 Å². The average molecular weight is 337 g/mol. The molecule has 0 aromatic carbocycles. The molecule has 0 spiro atoms. The van der Waals surface area contributed by atoms with Gasteiger partial charge in [0, 0.05) is 16.5 Å². The number of ether oxygens (including phenoxy) is 1. The minimum Gasteiger partial charge on any atom is -0.444 e. The van der Waals surface area contributed by atoms with Crippen LogP contribution in [0.15, 0.2) is 0 Å². The molecule has 1 aliphatic carbocycles. The summed E-state index contributed by atoms with van der Waals surface area (Å²) in [7, 11) is 0. The van der Waals surface area contributed by atoms with Crippen LogP contribution in [0.1, 0.15) is 40.0 Å². The van der Waals surface area contributed by atoms with Crippen LogP contribution >= 0.6 is 22.6 Å². The van der Waals surface area contributed by atoms with E-state index in [-0.39, 0.29) is 11.7 Å². The summed E-state index contributed by atoms with van der Waals surface area (Å²) >= 11 is 2.53.